The molecule has 1 aliphatic carbocycles. The van der Waals surface area contributed by atoms with Crippen LogP contribution in [0.5, 0.6) is 0 Å². The maximum atomic E-state index is 13.7. The molecule has 2 heterocycles. The largest absolute Gasteiger partial charge is 0.465 e. The highest BCUT2D eigenvalue weighted by Crippen LogP contribution is 2.59. The molecule has 0 aromatic carbocycles. The normalized spacial score (nSPS) is 17.7. The van der Waals surface area contributed by atoms with Gasteiger partial charge < -0.3 is 38.2 Å². The Morgan fingerprint density at radius 3 is 1.10 bits per heavy atom. The van der Waals surface area contributed by atoms with Gasteiger partial charge in [0, 0.05) is 69.6 Å². The van der Waals surface area contributed by atoms with E-state index in [4.69, 9.17) is 28.4 Å². The Hall–Kier alpha value is -1.79. The first-order valence-corrected chi connectivity index (χ1v) is 30.4. The van der Waals surface area contributed by atoms with Crippen molar-refractivity contribution in [3.63, 3.8) is 0 Å². The Kier molecular flexibility index (Phi) is 40.0. The molecule has 0 aromatic rings. The van der Waals surface area contributed by atoms with Gasteiger partial charge in [-0.1, -0.05) is 170 Å². The van der Waals surface area contributed by atoms with E-state index in [9.17, 15) is 14.4 Å². The number of esters is 2. The summed E-state index contributed by atoms with van der Waals surface area (Å²) in [5, 5.41) is 0. The minimum Gasteiger partial charge on any atom is -0.465 e. The average molecular weight is 1010 g/mol. The summed E-state index contributed by atoms with van der Waals surface area (Å²) in [5.41, 5.74) is -0.622. The van der Waals surface area contributed by atoms with Gasteiger partial charge in [-0.05, 0) is 103 Å². The molecule has 1 saturated carbocycles. The van der Waals surface area contributed by atoms with Crippen LogP contribution >= 0.6 is 0 Å². The fourth-order valence-electron chi connectivity index (χ4n) is 10.8. The number of amides is 1. The third-order valence-electron chi connectivity index (χ3n) is 15.1. The third-order valence-corrected chi connectivity index (χ3v) is 15.1. The molecule has 71 heavy (non-hydrogen) atoms. The summed E-state index contributed by atoms with van der Waals surface area (Å²) in [4.78, 5) is 44.5. The lowest BCUT2D eigenvalue weighted by molar-refractivity contribution is -0.199. The van der Waals surface area contributed by atoms with Gasteiger partial charge in [0.25, 0.3) is 0 Å². The van der Waals surface area contributed by atoms with Crippen molar-refractivity contribution in [2.24, 2.45) is 10.8 Å². The number of fused-ring (bicyclic) bond motifs is 2. The predicted molar refractivity (Wildman–Crippen MR) is 291 cm³/mol. The zero-order chi connectivity index (χ0) is 51.5. The summed E-state index contributed by atoms with van der Waals surface area (Å²) in [6, 6.07) is 0. The van der Waals surface area contributed by atoms with Crippen molar-refractivity contribution in [1.29, 1.82) is 0 Å². The molecule has 2 bridgehead atoms. The molecular formula is C60H114N2O9. The highest BCUT2D eigenvalue weighted by Gasteiger charge is 2.61. The number of carbonyl (C=O) groups excluding carboxylic acids is 3. The Bertz CT molecular complexity index is 1160. The van der Waals surface area contributed by atoms with Gasteiger partial charge in [-0.15, -0.1) is 0 Å². The fourth-order valence-corrected chi connectivity index (χ4v) is 10.8. The van der Waals surface area contributed by atoms with Crippen LogP contribution in [0, 0.1) is 10.8 Å². The van der Waals surface area contributed by atoms with Gasteiger partial charge in [-0.25, -0.2) is 0 Å². The summed E-state index contributed by atoms with van der Waals surface area (Å²) in [6.45, 7) is 20.8. The van der Waals surface area contributed by atoms with E-state index in [2.05, 4.69) is 46.4 Å². The molecule has 0 radical (unpaired) electrons. The summed E-state index contributed by atoms with van der Waals surface area (Å²) in [7, 11) is 0. The first kappa shape index (κ1) is 65.3. The second-order valence-corrected chi connectivity index (χ2v) is 22.0. The van der Waals surface area contributed by atoms with Crippen molar-refractivity contribution in [2.45, 2.75) is 285 Å². The molecular weight excluding hydrogens is 893 g/mol. The van der Waals surface area contributed by atoms with Gasteiger partial charge in [-0.2, -0.15) is 0 Å². The number of nitrogens with zero attached hydrogens (tertiary/aromatic N) is 2. The minimum absolute atomic E-state index is 0.141. The van der Waals surface area contributed by atoms with Crippen molar-refractivity contribution in [3.05, 3.63) is 0 Å². The topological polar surface area (TPSA) is 113 Å². The number of piperidine rings is 2. The maximum absolute atomic E-state index is 13.7. The summed E-state index contributed by atoms with van der Waals surface area (Å²) < 4.78 is 37.0. The molecule has 2 saturated heterocycles. The van der Waals surface area contributed by atoms with Gasteiger partial charge in [0.05, 0.1) is 13.2 Å². The third kappa shape index (κ3) is 32.3. The van der Waals surface area contributed by atoms with E-state index in [-0.39, 0.29) is 41.3 Å². The van der Waals surface area contributed by atoms with Crippen LogP contribution in [0.25, 0.3) is 0 Å². The Balaban J connectivity index is 1.89. The number of hydrogen-bond donors (Lipinski definition) is 0. The van der Waals surface area contributed by atoms with E-state index in [1.54, 1.807) is 0 Å². The molecule has 0 atom stereocenters. The van der Waals surface area contributed by atoms with Crippen LogP contribution in [0.2, 0.25) is 0 Å². The maximum Gasteiger partial charge on any atom is 0.305 e. The van der Waals surface area contributed by atoms with Crippen LogP contribution in [0.3, 0.4) is 0 Å². The van der Waals surface area contributed by atoms with Crippen LogP contribution in [-0.4, -0.2) is 113 Å². The predicted octanol–water partition coefficient (Wildman–Crippen LogP) is 15.1. The van der Waals surface area contributed by atoms with Crippen molar-refractivity contribution in [3.8, 4) is 0 Å². The number of unbranched alkanes of at least 4 members (excludes halogenated alkanes) is 22. The van der Waals surface area contributed by atoms with Gasteiger partial charge >= 0.3 is 11.9 Å². The smallest absolute Gasteiger partial charge is 0.305 e. The monoisotopic (exact) mass is 1010 g/mol. The molecule has 2 aliphatic heterocycles. The second kappa shape index (κ2) is 43.4. The van der Waals surface area contributed by atoms with E-state index in [1.165, 1.54) is 128 Å². The standard InChI is InChI=1S/C60H114N2O9/c1-7-13-17-21-25-33-44-66-57(67-45-34-26-22-18-14-8-2)41-31-29-39-55(64)70-52-59-48-60(49-59,51-62(50-59)54(63)38-37-43-61(11-5)12-6)53-71-56(65)40-30-32-42-58(68-46-35-27-23-19-15-9-3)69-47-36-28-24-20-16-10-4/h57-58H,7-53H2,1-6H3. The van der Waals surface area contributed by atoms with Crippen molar-refractivity contribution in [2.75, 3.05) is 72.4 Å². The lowest BCUT2D eigenvalue weighted by Gasteiger charge is -2.62. The summed E-state index contributed by atoms with van der Waals surface area (Å²) >= 11 is 0. The fraction of sp³-hybridized carbons (Fsp3) is 0.950. The lowest BCUT2D eigenvalue weighted by atomic mass is 9.50. The molecule has 0 unspecified atom stereocenters. The molecule has 3 aliphatic rings. The van der Waals surface area contributed by atoms with Crippen molar-refractivity contribution < 1.29 is 42.8 Å². The molecule has 11 nitrogen and oxygen atoms in total. The van der Waals surface area contributed by atoms with E-state index >= 15 is 0 Å². The van der Waals surface area contributed by atoms with E-state index < -0.39 is 0 Å². The SMILES string of the molecule is CCCCCCCCOC(CCCCC(=O)OCC12CN(C(=O)CCCN(CC)CC)CC(COC(=O)CCCCC(OCCCCCCCC)OCCCCCCCC)(C1)C2)OCCCCCCCC. The Morgan fingerprint density at radius 1 is 0.423 bits per heavy atom. The molecule has 11 heteroatoms. The van der Waals surface area contributed by atoms with Crippen molar-refractivity contribution in [1.82, 2.24) is 9.80 Å². The summed E-state index contributed by atoms with van der Waals surface area (Å²) in [6.07, 6.45) is 37.2. The van der Waals surface area contributed by atoms with Gasteiger partial charge in [0.15, 0.2) is 12.6 Å². The van der Waals surface area contributed by atoms with Crippen LogP contribution in [-0.2, 0) is 42.8 Å². The molecule has 0 aromatic heterocycles. The van der Waals surface area contributed by atoms with Crippen LogP contribution in [0.4, 0.5) is 0 Å². The quantitative estimate of drug-likeness (QED) is 0.0332. The average Bonchev–Trinajstić information content (AvgIpc) is 3.36. The number of carbonyl (C=O) groups is 3. The minimum atomic E-state index is -0.311. The molecule has 418 valence electrons. The Labute approximate surface area is 437 Å². The Morgan fingerprint density at radius 2 is 0.761 bits per heavy atom. The van der Waals surface area contributed by atoms with Gasteiger partial charge in [-0.3, -0.25) is 14.4 Å². The first-order valence-electron chi connectivity index (χ1n) is 30.4. The number of ether oxygens (including phenoxy) is 6. The van der Waals surface area contributed by atoms with E-state index in [0.29, 0.717) is 45.6 Å². The molecule has 1 amide bonds. The van der Waals surface area contributed by atoms with Crippen LogP contribution < -0.4 is 0 Å². The highest BCUT2D eigenvalue weighted by atomic mass is 16.7. The second-order valence-electron chi connectivity index (χ2n) is 22.0. The zero-order valence-electron chi connectivity index (χ0n) is 47.5. The number of rotatable bonds is 52. The van der Waals surface area contributed by atoms with Gasteiger partial charge in [0.2, 0.25) is 5.91 Å². The summed E-state index contributed by atoms with van der Waals surface area (Å²) in [5.74, 6) is -0.236. The number of hydrogen-bond acceptors (Lipinski definition) is 10. The van der Waals surface area contributed by atoms with E-state index in [1.807, 2.05) is 4.90 Å². The highest BCUT2D eigenvalue weighted by molar-refractivity contribution is 5.77. The van der Waals surface area contributed by atoms with Crippen LogP contribution in [0.1, 0.15) is 273 Å². The van der Waals surface area contributed by atoms with Crippen molar-refractivity contribution >= 4 is 17.8 Å². The molecule has 0 spiro atoms. The first-order chi connectivity index (χ1) is 34.7. The molecule has 3 rings (SSSR count). The van der Waals surface area contributed by atoms with Gasteiger partial charge in [0.1, 0.15) is 0 Å². The zero-order valence-corrected chi connectivity index (χ0v) is 47.5. The lowest BCUT2D eigenvalue weighted by Crippen LogP contribution is -2.67. The van der Waals surface area contributed by atoms with E-state index in [0.717, 1.165) is 130 Å². The van der Waals surface area contributed by atoms with Crippen LogP contribution in [0.15, 0.2) is 0 Å². The molecule has 0 N–H and O–H groups in total. The molecule has 3 fully saturated rings.